The summed E-state index contributed by atoms with van der Waals surface area (Å²) < 4.78 is 12.5. The molecule has 2 aromatic rings. The molecule has 4 aliphatic rings. The van der Waals surface area contributed by atoms with E-state index in [1.165, 1.54) is 0 Å². The number of nitrogens with zero attached hydrogens (tertiary/aromatic N) is 2. The maximum Gasteiger partial charge on any atom is 0.255 e. The molecule has 0 spiro atoms. The molecule has 3 saturated heterocycles. The summed E-state index contributed by atoms with van der Waals surface area (Å²) in [7, 11) is 0. The summed E-state index contributed by atoms with van der Waals surface area (Å²) in [6.07, 6.45) is 2.66. The maximum absolute atomic E-state index is 13.7. The predicted octanol–water partition coefficient (Wildman–Crippen LogP) is 2.34. The van der Waals surface area contributed by atoms with E-state index >= 15 is 0 Å². The van der Waals surface area contributed by atoms with E-state index in [0.717, 1.165) is 24.0 Å². The molecule has 0 saturated carbocycles. The molecule has 10 heteroatoms. The minimum absolute atomic E-state index is 0.0670. The van der Waals surface area contributed by atoms with Crippen molar-refractivity contribution < 1.29 is 29.0 Å². The third kappa shape index (κ3) is 6.71. The van der Waals surface area contributed by atoms with Crippen molar-refractivity contribution in [2.24, 2.45) is 0 Å². The van der Waals surface area contributed by atoms with Gasteiger partial charge in [0.15, 0.2) is 0 Å². The van der Waals surface area contributed by atoms with Crippen molar-refractivity contribution in [3.63, 3.8) is 0 Å². The van der Waals surface area contributed by atoms with Crippen LogP contribution < -0.4 is 15.4 Å². The van der Waals surface area contributed by atoms with Crippen LogP contribution >= 0.6 is 0 Å². The standard InChI is InChI=1S/C33H42N4O6/c1-21(38)36-14-11-25(12-15-36)37-20-24-18-28(37)33(41)34-19-31-29(39)10-8-26(43-31)13-16-42-30-17-23(22-5-3-2-4-6-22)7-9-27(30)32(40)35-24/h2-7,9,17,24-26,28-29,31,39H,8,10-16,18-20H2,1H3,(H,34,41)(H,35,40)/t24-,26-,28-,29-,31+/m0/s1. The SMILES string of the molecule is CC(=O)N1CCC(N2C[C@@H]3C[C@H]2C(=O)NC[C@H]2O[C@H](CCOc4cc(-c5ccccc5)ccc4C(=O)N3)CC[C@@H]2O)CC1. The molecular formula is C33H42N4O6. The summed E-state index contributed by atoms with van der Waals surface area (Å²) in [6, 6.07) is 15.1. The van der Waals surface area contributed by atoms with Gasteiger partial charge in [-0.15, -0.1) is 0 Å². The molecule has 230 valence electrons. The number of carbonyl (C=O) groups excluding carboxylic acids is 3. The second-order valence-corrected chi connectivity index (χ2v) is 12.3. The number of amides is 3. The van der Waals surface area contributed by atoms with Crippen LogP contribution in [0.15, 0.2) is 48.5 Å². The van der Waals surface area contributed by atoms with E-state index in [9.17, 15) is 19.5 Å². The Morgan fingerprint density at radius 2 is 1.77 bits per heavy atom. The highest BCUT2D eigenvalue weighted by molar-refractivity contribution is 5.98. The number of likely N-dealkylation sites (tertiary alicyclic amines) is 2. The van der Waals surface area contributed by atoms with Crippen molar-refractivity contribution in [2.45, 2.75) is 81.9 Å². The fourth-order valence-electron chi connectivity index (χ4n) is 7.01. The molecule has 4 aliphatic heterocycles. The number of ether oxygens (including phenoxy) is 2. The molecule has 4 heterocycles. The minimum Gasteiger partial charge on any atom is -0.493 e. The lowest BCUT2D eigenvalue weighted by Gasteiger charge is -2.39. The van der Waals surface area contributed by atoms with Gasteiger partial charge in [0.2, 0.25) is 11.8 Å². The predicted molar refractivity (Wildman–Crippen MR) is 161 cm³/mol. The van der Waals surface area contributed by atoms with Crippen LogP contribution in [-0.4, -0.2) is 102 Å². The van der Waals surface area contributed by atoms with E-state index in [4.69, 9.17) is 9.47 Å². The van der Waals surface area contributed by atoms with Gasteiger partial charge in [0, 0.05) is 51.6 Å². The van der Waals surface area contributed by atoms with E-state index < -0.39 is 18.2 Å². The van der Waals surface area contributed by atoms with Crippen LogP contribution in [0.4, 0.5) is 0 Å². The number of aliphatic hydroxyl groups excluding tert-OH is 1. The van der Waals surface area contributed by atoms with E-state index in [-0.39, 0.29) is 42.5 Å². The summed E-state index contributed by atoms with van der Waals surface area (Å²) in [4.78, 5) is 43.3. The number of nitrogens with one attached hydrogen (secondary N) is 2. The van der Waals surface area contributed by atoms with Crippen LogP contribution in [0, 0.1) is 0 Å². The molecule has 0 aromatic heterocycles. The van der Waals surface area contributed by atoms with Crippen LogP contribution in [-0.2, 0) is 14.3 Å². The Morgan fingerprint density at radius 1 is 0.977 bits per heavy atom. The molecule has 5 atom stereocenters. The number of piperidine rings is 1. The van der Waals surface area contributed by atoms with Crippen molar-refractivity contribution in [1.82, 2.24) is 20.4 Å². The lowest BCUT2D eigenvalue weighted by Crippen LogP contribution is -2.54. The first kappa shape index (κ1) is 29.6. The van der Waals surface area contributed by atoms with E-state index in [1.54, 1.807) is 6.92 Å². The number of rotatable bonds is 2. The van der Waals surface area contributed by atoms with Crippen LogP contribution in [0.3, 0.4) is 0 Å². The Kier molecular flexibility index (Phi) is 8.97. The summed E-state index contributed by atoms with van der Waals surface area (Å²) in [5.41, 5.74) is 2.45. The molecule has 4 bridgehead atoms. The quantitative estimate of drug-likeness (QED) is 0.491. The van der Waals surface area contributed by atoms with E-state index in [1.807, 2.05) is 53.4 Å². The van der Waals surface area contributed by atoms with Crippen LogP contribution in [0.2, 0.25) is 0 Å². The second kappa shape index (κ2) is 13.0. The van der Waals surface area contributed by atoms with Gasteiger partial charge < -0.3 is 30.1 Å². The Hall–Kier alpha value is -3.47. The molecule has 3 fully saturated rings. The van der Waals surface area contributed by atoms with Crippen molar-refractivity contribution >= 4 is 17.7 Å². The number of hydrogen-bond donors (Lipinski definition) is 3. The van der Waals surface area contributed by atoms with Gasteiger partial charge in [-0.1, -0.05) is 36.4 Å². The zero-order chi connectivity index (χ0) is 29.9. The molecule has 2 aromatic carbocycles. The van der Waals surface area contributed by atoms with Gasteiger partial charge >= 0.3 is 0 Å². The third-order valence-corrected chi connectivity index (χ3v) is 9.45. The lowest BCUT2D eigenvalue weighted by atomic mass is 9.99. The first-order valence-electron chi connectivity index (χ1n) is 15.6. The normalized spacial score (nSPS) is 29.3. The van der Waals surface area contributed by atoms with Crippen molar-refractivity contribution in [3.8, 4) is 16.9 Å². The average Bonchev–Trinajstić information content (AvgIpc) is 3.44. The zero-order valence-electron chi connectivity index (χ0n) is 24.7. The third-order valence-electron chi connectivity index (χ3n) is 9.45. The van der Waals surface area contributed by atoms with Crippen molar-refractivity contribution in [3.05, 3.63) is 54.1 Å². The van der Waals surface area contributed by atoms with Gasteiger partial charge in [-0.2, -0.15) is 0 Å². The summed E-state index contributed by atoms with van der Waals surface area (Å²) in [5, 5.41) is 16.9. The zero-order valence-corrected chi connectivity index (χ0v) is 24.7. The molecule has 10 nitrogen and oxygen atoms in total. The lowest BCUT2D eigenvalue weighted by molar-refractivity contribution is -0.135. The molecule has 0 unspecified atom stereocenters. The summed E-state index contributed by atoms with van der Waals surface area (Å²) >= 11 is 0. The van der Waals surface area contributed by atoms with Crippen LogP contribution in [0.5, 0.6) is 5.75 Å². The van der Waals surface area contributed by atoms with E-state index in [2.05, 4.69) is 15.5 Å². The molecular weight excluding hydrogens is 548 g/mol. The van der Waals surface area contributed by atoms with Gasteiger partial charge in [-0.3, -0.25) is 19.3 Å². The molecule has 6 rings (SSSR count). The molecule has 0 aliphatic carbocycles. The van der Waals surface area contributed by atoms with Gasteiger partial charge in [0.25, 0.3) is 5.91 Å². The molecule has 3 amide bonds. The Balaban J connectivity index is 1.27. The number of benzene rings is 2. The highest BCUT2D eigenvalue weighted by Gasteiger charge is 2.42. The highest BCUT2D eigenvalue weighted by atomic mass is 16.5. The number of carbonyl (C=O) groups is 3. The van der Waals surface area contributed by atoms with Gasteiger partial charge in [0.1, 0.15) is 11.9 Å². The van der Waals surface area contributed by atoms with Crippen LogP contribution in [0.25, 0.3) is 11.1 Å². The molecule has 0 radical (unpaired) electrons. The molecule has 43 heavy (non-hydrogen) atoms. The first-order valence-corrected chi connectivity index (χ1v) is 15.6. The average molecular weight is 591 g/mol. The van der Waals surface area contributed by atoms with Gasteiger partial charge in [-0.25, -0.2) is 0 Å². The Morgan fingerprint density at radius 3 is 2.53 bits per heavy atom. The topological polar surface area (TPSA) is 120 Å². The highest BCUT2D eigenvalue weighted by Crippen LogP contribution is 2.31. The van der Waals surface area contributed by atoms with Crippen molar-refractivity contribution in [2.75, 3.05) is 32.8 Å². The number of fused-ring (bicyclic) bond motifs is 5. The fourth-order valence-corrected chi connectivity index (χ4v) is 7.01. The monoisotopic (exact) mass is 590 g/mol. The smallest absolute Gasteiger partial charge is 0.255 e. The largest absolute Gasteiger partial charge is 0.493 e. The minimum atomic E-state index is -0.645. The molecule has 3 N–H and O–H groups in total. The Bertz CT molecular complexity index is 1310. The number of aliphatic hydroxyl groups is 1. The number of hydrogen-bond acceptors (Lipinski definition) is 7. The Labute approximate surface area is 252 Å². The first-order chi connectivity index (χ1) is 20.9. The van der Waals surface area contributed by atoms with Gasteiger partial charge in [-0.05, 0) is 55.4 Å². The van der Waals surface area contributed by atoms with Gasteiger partial charge in [0.05, 0.1) is 30.4 Å². The summed E-state index contributed by atoms with van der Waals surface area (Å²) in [6.45, 7) is 4.02. The summed E-state index contributed by atoms with van der Waals surface area (Å²) in [5.74, 6) is 0.236. The van der Waals surface area contributed by atoms with E-state index in [0.29, 0.717) is 63.2 Å². The second-order valence-electron chi connectivity index (χ2n) is 12.3. The van der Waals surface area contributed by atoms with Crippen LogP contribution in [0.1, 0.15) is 55.8 Å². The fraction of sp³-hybridized carbons (Fsp3) is 0.545. The van der Waals surface area contributed by atoms with Crippen molar-refractivity contribution in [1.29, 1.82) is 0 Å². The maximum atomic E-state index is 13.7.